The number of hydrogen-bond donors (Lipinski definition) is 0. The van der Waals surface area contributed by atoms with Gasteiger partial charge in [0.1, 0.15) is 6.61 Å². The van der Waals surface area contributed by atoms with E-state index in [2.05, 4.69) is 11.3 Å². The molecule has 4 heteroatoms. The highest BCUT2D eigenvalue weighted by Crippen LogP contribution is 2.15. The molecule has 0 saturated heterocycles. The lowest BCUT2D eigenvalue weighted by atomic mass is 10.6. The first-order chi connectivity index (χ1) is 4.56. The number of allylic oxidation sites excluding steroid dienone is 1. The summed E-state index contributed by atoms with van der Waals surface area (Å²) in [5, 5.41) is 0. The van der Waals surface area contributed by atoms with Crippen LogP contribution in [0.2, 0.25) is 0 Å². The number of ether oxygens (including phenoxy) is 1. The summed E-state index contributed by atoms with van der Waals surface area (Å²) in [4.78, 5) is 0. The van der Waals surface area contributed by atoms with Crippen LogP contribution in [-0.2, 0) is 4.74 Å². The third kappa shape index (κ3) is 7.07. The van der Waals surface area contributed by atoms with Gasteiger partial charge in [-0.25, -0.2) is 0 Å². The van der Waals surface area contributed by atoms with Crippen LogP contribution in [0.4, 0.5) is 13.2 Å². The number of halogens is 3. The third-order valence-electron chi connectivity index (χ3n) is 0.567. The van der Waals surface area contributed by atoms with Crippen molar-refractivity contribution in [2.75, 3.05) is 6.61 Å². The molecule has 0 radical (unpaired) electrons. The zero-order chi connectivity index (χ0) is 8.04. The predicted molar refractivity (Wildman–Crippen MR) is 31.3 cm³/mol. The fourth-order valence-corrected chi connectivity index (χ4v) is 0.249. The summed E-state index contributed by atoms with van der Waals surface area (Å²) in [5.41, 5.74) is 0. The molecule has 0 fully saturated rings. The minimum absolute atomic E-state index is 0.0243. The van der Waals surface area contributed by atoms with Gasteiger partial charge in [0.25, 0.3) is 0 Å². The number of alkyl halides is 3. The van der Waals surface area contributed by atoms with Crippen molar-refractivity contribution in [2.45, 2.75) is 6.18 Å². The summed E-state index contributed by atoms with van der Waals surface area (Å²) in [5.74, 6) is 0. The predicted octanol–water partition coefficient (Wildman–Crippen LogP) is 2.27. The molecule has 0 aromatic heterocycles. The molecule has 0 spiro atoms. The van der Waals surface area contributed by atoms with Crippen LogP contribution in [0.1, 0.15) is 0 Å². The second-order valence-electron chi connectivity index (χ2n) is 1.47. The van der Waals surface area contributed by atoms with Gasteiger partial charge in [0.05, 0.1) is 12.3 Å². The Morgan fingerprint density at radius 3 is 2.40 bits per heavy atom. The Morgan fingerprint density at radius 2 is 2.00 bits per heavy atom. The van der Waals surface area contributed by atoms with Gasteiger partial charge in [-0.05, 0) is 0 Å². The molecule has 0 saturated carbocycles. The summed E-state index contributed by atoms with van der Waals surface area (Å²) >= 11 is 0. The van der Waals surface area contributed by atoms with E-state index in [0.717, 1.165) is 0 Å². The van der Waals surface area contributed by atoms with Crippen molar-refractivity contribution < 1.29 is 17.9 Å². The zero-order valence-corrected chi connectivity index (χ0v) is 5.19. The lowest BCUT2D eigenvalue weighted by Gasteiger charge is -1.97. The van der Waals surface area contributed by atoms with Crippen molar-refractivity contribution in [3.8, 4) is 0 Å². The molecular weight excluding hydrogens is 145 g/mol. The van der Waals surface area contributed by atoms with Crippen molar-refractivity contribution in [3.05, 3.63) is 25.0 Å². The van der Waals surface area contributed by atoms with Crippen LogP contribution in [0.5, 0.6) is 0 Å². The maximum Gasteiger partial charge on any atom is 0.412 e. The molecule has 10 heavy (non-hydrogen) atoms. The van der Waals surface area contributed by atoms with E-state index in [4.69, 9.17) is 0 Å². The Hall–Kier alpha value is -0.930. The Bertz CT molecular complexity index is 125. The molecule has 0 aromatic rings. The molecule has 0 aliphatic rings. The standard InChI is InChI=1S/C6H7F3O/c1-2-4-10-5-3-6(7,8)9/h2-3,5H,1,4H2/b5-3-. The lowest BCUT2D eigenvalue weighted by Crippen LogP contribution is -2.00. The van der Waals surface area contributed by atoms with Gasteiger partial charge < -0.3 is 4.74 Å². The molecule has 1 nitrogen and oxygen atoms in total. The molecule has 0 rings (SSSR count). The molecule has 0 atom stereocenters. The normalized spacial score (nSPS) is 11.9. The maximum atomic E-state index is 11.3. The summed E-state index contributed by atoms with van der Waals surface area (Å²) in [6, 6.07) is 0. The summed E-state index contributed by atoms with van der Waals surface area (Å²) in [6.45, 7) is 3.34. The van der Waals surface area contributed by atoms with Crippen LogP contribution in [0.3, 0.4) is 0 Å². The van der Waals surface area contributed by atoms with Crippen LogP contribution in [0, 0.1) is 0 Å². The van der Waals surface area contributed by atoms with Gasteiger partial charge in [0, 0.05) is 0 Å². The minimum atomic E-state index is -4.29. The van der Waals surface area contributed by atoms with Crippen molar-refractivity contribution in [3.63, 3.8) is 0 Å². The summed E-state index contributed by atoms with van der Waals surface area (Å²) in [7, 11) is 0. The van der Waals surface area contributed by atoms with E-state index >= 15 is 0 Å². The third-order valence-corrected chi connectivity index (χ3v) is 0.567. The largest absolute Gasteiger partial charge is 0.497 e. The van der Waals surface area contributed by atoms with E-state index in [-0.39, 0.29) is 12.7 Å². The lowest BCUT2D eigenvalue weighted by molar-refractivity contribution is -0.0815. The van der Waals surface area contributed by atoms with E-state index < -0.39 is 6.18 Å². The summed E-state index contributed by atoms with van der Waals surface area (Å²) < 4.78 is 38.2. The number of rotatable bonds is 3. The highest BCUT2D eigenvalue weighted by atomic mass is 19.4. The highest BCUT2D eigenvalue weighted by Gasteiger charge is 2.21. The molecule has 0 unspecified atom stereocenters. The van der Waals surface area contributed by atoms with Gasteiger partial charge in [0.15, 0.2) is 0 Å². The average molecular weight is 152 g/mol. The second kappa shape index (κ2) is 3.98. The van der Waals surface area contributed by atoms with Crippen molar-refractivity contribution in [1.82, 2.24) is 0 Å². The van der Waals surface area contributed by atoms with Crippen molar-refractivity contribution in [1.29, 1.82) is 0 Å². The molecule has 0 aliphatic carbocycles. The average Bonchev–Trinajstić information content (AvgIpc) is 1.78. The molecular formula is C6H7F3O. The smallest absolute Gasteiger partial charge is 0.412 e. The van der Waals surface area contributed by atoms with Crippen LogP contribution in [0.15, 0.2) is 25.0 Å². The zero-order valence-electron chi connectivity index (χ0n) is 5.19. The fourth-order valence-electron chi connectivity index (χ4n) is 0.249. The van der Waals surface area contributed by atoms with Gasteiger partial charge in [0.2, 0.25) is 0 Å². The van der Waals surface area contributed by atoms with Gasteiger partial charge >= 0.3 is 6.18 Å². The van der Waals surface area contributed by atoms with Crippen LogP contribution in [-0.4, -0.2) is 12.8 Å². The van der Waals surface area contributed by atoms with Gasteiger partial charge in [-0.15, -0.1) is 0 Å². The Kier molecular flexibility index (Phi) is 3.61. The first-order valence-electron chi connectivity index (χ1n) is 2.53. The van der Waals surface area contributed by atoms with Gasteiger partial charge in [-0.1, -0.05) is 12.7 Å². The first-order valence-corrected chi connectivity index (χ1v) is 2.53. The molecule has 0 bridgehead atoms. The van der Waals surface area contributed by atoms with Crippen LogP contribution >= 0.6 is 0 Å². The monoisotopic (exact) mass is 152 g/mol. The first kappa shape index (κ1) is 9.07. The highest BCUT2D eigenvalue weighted by molar-refractivity contribution is 4.83. The van der Waals surface area contributed by atoms with Crippen LogP contribution < -0.4 is 0 Å². The summed E-state index contributed by atoms with van der Waals surface area (Å²) in [6.07, 6.45) is -2.31. The topological polar surface area (TPSA) is 9.23 Å². The molecule has 0 N–H and O–H groups in total. The SMILES string of the molecule is C=CCO/C=C\C(F)(F)F. The molecule has 0 aromatic carbocycles. The van der Waals surface area contributed by atoms with Crippen molar-refractivity contribution >= 4 is 0 Å². The van der Waals surface area contributed by atoms with E-state index in [9.17, 15) is 13.2 Å². The second-order valence-corrected chi connectivity index (χ2v) is 1.47. The molecule has 0 heterocycles. The van der Waals surface area contributed by atoms with Gasteiger partial charge in [-0.2, -0.15) is 13.2 Å². The molecule has 58 valence electrons. The quantitative estimate of drug-likeness (QED) is 0.342. The fraction of sp³-hybridized carbons (Fsp3) is 0.333. The van der Waals surface area contributed by atoms with Crippen molar-refractivity contribution in [2.24, 2.45) is 0 Å². The van der Waals surface area contributed by atoms with E-state index in [1.807, 2.05) is 0 Å². The van der Waals surface area contributed by atoms with Crippen LogP contribution in [0.25, 0.3) is 0 Å². The Labute approximate surface area is 56.8 Å². The van der Waals surface area contributed by atoms with E-state index in [1.54, 1.807) is 0 Å². The molecule has 0 amide bonds. The minimum Gasteiger partial charge on any atom is -0.497 e. The maximum absolute atomic E-state index is 11.3. The van der Waals surface area contributed by atoms with E-state index in [0.29, 0.717) is 6.26 Å². The van der Waals surface area contributed by atoms with Gasteiger partial charge in [-0.3, -0.25) is 0 Å². The number of hydrogen-bond acceptors (Lipinski definition) is 1. The van der Waals surface area contributed by atoms with E-state index in [1.165, 1.54) is 6.08 Å². The Morgan fingerprint density at radius 1 is 1.40 bits per heavy atom. The molecule has 0 aliphatic heterocycles. The Balaban J connectivity index is 3.46.